The lowest BCUT2D eigenvalue weighted by molar-refractivity contribution is -0.125. The van der Waals surface area contributed by atoms with Crippen molar-refractivity contribution in [3.8, 4) is 11.5 Å². The van der Waals surface area contributed by atoms with Crippen LogP contribution in [0.25, 0.3) is 0 Å². The topological polar surface area (TPSA) is 115 Å². The molecule has 2 N–H and O–H groups in total. The van der Waals surface area contributed by atoms with Crippen LogP contribution in [0.4, 0.5) is 0 Å². The maximum atomic E-state index is 12.8. The maximum Gasteiger partial charge on any atom is 0.280 e. The number of rotatable bonds is 4. The van der Waals surface area contributed by atoms with E-state index in [1.165, 1.54) is 7.05 Å². The lowest BCUT2D eigenvalue weighted by Gasteiger charge is -2.36. The van der Waals surface area contributed by atoms with Crippen molar-refractivity contribution < 1.29 is 22.7 Å². The number of hydrogen-bond donors (Lipinski definition) is 2. The molecule has 2 aromatic rings. The van der Waals surface area contributed by atoms with E-state index in [1.54, 1.807) is 30.1 Å². The van der Waals surface area contributed by atoms with Gasteiger partial charge in [-0.15, -0.1) is 0 Å². The molecule has 11 heteroatoms. The molecule has 0 spiro atoms. The minimum Gasteiger partial charge on any atom is -0.454 e. The zero-order valence-corrected chi connectivity index (χ0v) is 17.2. The van der Waals surface area contributed by atoms with Crippen molar-refractivity contribution in [2.45, 2.75) is 32.0 Å². The maximum absolute atomic E-state index is 12.8. The number of likely N-dealkylation sites (N-methyl/N-ethyl adjacent to an activating group) is 1. The van der Waals surface area contributed by atoms with Crippen LogP contribution < -0.4 is 19.5 Å². The number of fused-ring (bicyclic) bond motifs is 1. The van der Waals surface area contributed by atoms with E-state index in [1.807, 2.05) is 13.0 Å². The Bertz CT molecular complexity index is 1050. The van der Waals surface area contributed by atoms with Crippen LogP contribution in [-0.4, -0.2) is 48.3 Å². The third kappa shape index (κ3) is 3.68. The van der Waals surface area contributed by atoms with Crippen LogP contribution in [0.1, 0.15) is 29.3 Å². The predicted octanol–water partition coefficient (Wildman–Crippen LogP) is 0.353. The second kappa shape index (κ2) is 7.32. The second-order valence-electron chi connectivity index (χ2n) is 7.16. The van der Waals surface area contributed by atoms with Gasteiger partial charge in [-0.1, -0.05) is 6.07 Å². The van der Waals surface area contributed by atoms with E-state index >= 15 is 0 Å². The molecule has 4 rings (SSSR count). The van der Waals surface area contributed by atoms with E-state index in [2.05, 4.69) is 15.1 Å². The third-order valence-corrected chi connectivity index (χ3v) is 7.02. The van der Waals surface area contributed by atoms with Gasteiger partial charge in [0, 0.05) is 31.9 Å². The van der Waals surface area contributed by atoms with Crippen molar-refractivity contribution in [3.63, 3.8) is 0 Å². The average molecular weight is 421 g/mol. The van der Waals surface area contributed by atoms with Crippen LogP contribution in [0.5, 0.6) is 11.5 Å². The number of amides is 1. The van der Waals surface area contributed by atoms with Crippen LogP contribution in [0.2, 0.25) is 0 Å². The Balaban J connectivity index is 1.49. The Morgan fingerprint density at radius 2 is 2.07 bits per heavy atom. The Kier molecular flexibility index (Phi) is 4.97. The Morgan fingerprint density at radius 3 is 2.79 bits per heavy atom. The van der Waals surface area contributed by atoms with E-state index in [0.29, 0.717) is 17.9 Å². The quantitative estimate of drug-likeness (QED) is 0.736. The number of carbonyl (C=O) groups excluding carboxylic acids is 1. The number of aromatic nitrogens is 2. The molecule has 10 nitrogen and oxygen atoms in total. The molecule has 0 unspecified atom stereocenters. The summed E-state index contributed by atoms with van der Waals surface area (Å²) in [6.07, 6.45) is 1.94. The predicted molar refractivity (Wildman–Crippen MR) is 103 cm³/mol. The first-order valence-electron chi connectivity index (χ1n) is 9.16. The fraction of sp³-hybridized carbons (Fsp3) is 0.444. The van der Waals surface area contributed by atoms with Crippen LogP contribution >= 0.6 is 0 Å². The molecule has 2 aliphatic rings. The molecule has 1 saturated heterocycles. The Labute approximate surface area is 169 Å². The standard InChI is InChI=1S/C18H23N5O5S/c1-11-13(9-20-22(11)2)14-7-15(23(3)29(25,26)21-14)18(24)19-8-12-4-5-16-17(6-12)28-10-27-16/h4-6,9,14-15,21H,7-8,10H2,1-3H3,(H,19,24)/t14-,15+/m0/s1. The highest BCUT2D eigenvalue weighted by Gasteiger charge is 2.41. The van der Waals surface area contributed by atoms with E-state index < -0.39 is 22.3 Å². The molecule has 0 bridgehead atoms. The number of hydrogen-bond acceptors (Lipinski definition) is 6. The molecule has 1 aromatic heterocycles. The van der Waals surface area contributed by atoms with Crippen LogP contribution in [0, 0.1) is 6.92 Å². The summed E-state index contributed by atoms with van der Waals surface area (Å²) >= 11 is 0. The number of ether oxygens (including phenoxy) is 2. The smallest absolute Gasteiger partial charge is 0.280 e. The van der Waals surface area contributed by atoms with Crippen molar-refractivity contribution >= 4 is 16.1 Å². The van der Waals surface area contributed by atoms with Crippen LogP contribution in [0.3, 0.4) is 0 Å². The molecule has 0 aliphatic carbocycles. The van der Waals surface area contributed by atoms with Crippen molar-refractivity contribution in [2.75, 3.05) is 13.8 Å². The molecule has 0 radical (unpaired) electrons. The minimum atomic E-state index is -3.80. The molecule has 1 fully saturated rings. The lowest BCUT2D eigenvalue weighted by atomic mass is 10.00. The van der Waals surface area contributed by atoms with Gasteiger partial charge in [-0.25, -0.2) is 0 Å². The molecule has 3 heterocycles. The largest absolute Gasteiger partial charge is 0.454 e. The lowest BCUT2D eigenvalue weighted by Crippen LogP contribution is -2.57. The summed E-state index contributed by atoms with van der Waals surface area (Å²) in [5.41, 5.74) is 2.45. The first-order valence-corrected chi connectivity index (χ1v) is 10.6. The summed E-state index contributed by atoms with van der Waals surface area (Å²) in [5, 5.41) is 7.01. The van der Waals surface area contributed by atoms with Gasteiger partial charge in [0.15, 0.2) is 11.5 Å². The molecular formula is C18H23N5O5S. The molecule has 1 amide bonds. The van der Waals surface area contributed by atoms with Crippen LogP contribution in [0.15, 0.2) is 24.4 Å². The zero-order valence-electron chi connectivity index (χ0n) is 16.4. The van der Waals surface area contributed by atoms with Crippen molar-refractivity contribution in [1.82, 2.24) is 24.1 Å². The van der Waals surface area contributed by atoms with E-state index in [4.69, 9.17) is 9.47 Å². The summed E-state index contributed by atoms with van der Waals surface area (Å²) in [4.78, 5) is 12.8. The molecular weight excluding hydrogens is 398 g/mol. The highest BCUT2D eigenvalue weighted by molar-refractivity contribution is 7.87. The SMILES string of the molecule is Cc1c([C@@H]2C[C@H](C(=O)NCc3ccc4c(c3)OCO4)N(C)S(=O)(=O)N2)cnn1C. The van der Waals surface area contributed by atoms with Crippen molar-refractivity contribution in [2.24, 2.45) is 7.05 Å². The van der Waals surface area contributed by atoms with E-state index in [-0.39, 0.29) is 19.2 Å². The monoisotopic (exact) mass is 421 g/mol. The Morgan fingerprint density at radius 1 is 1.31 bits per heavy atom. The van der Waals surface area contributed by atoms with Gasteiger partial charge in [0.25, 0.3) is 10.2 Å². The van der Waals surface area contributed by atoms with Gasteiger partial charge in [0.1, 0.15) is 6.04 Å². The first kappa shape index (κ1) is 19.7. The third-order valence-electron chi connectivity index (χ3n) is 5.42. The molecule has 0 saturated carbocycles. The molecule has 156 valence electrons. The summed E-state index contributed by atoms with van der Waals surface area (Å²) in [7, 11) is -0.611. The van der Waals surface area contributed by atoms with Crippen molar-refractivity contribution in [3.05, 3.63) is 41.2 Å². The Hall–Kier alpha value is -2.63. The van der Waals surface area contributed by atoms with Crippen LogP contribution in [-0.2, 0) is 28.6 Å². The fourth-order valence-electron chi connectivity index (χ4n) is 3.53. The summed E-state index contributed by atoms with van der Waals surface area (Å²) in [6, 6.07) is 4.06. The van der Waals surface area contributed by atoms with Gasteiger partial charge in [-0.05, 0) is 31.0 Å². The number of carbonyl (C=O) groups is 1. The summed E-state index contributed by atoms with van der Waals surface area (Å²) in [5.74, 6) is 0.936. The summed E-state index contributed by atoms with van der Waals surface area (Å²) < 4.78 is 41.2. The minimum absolute atomic E-state index is 0.179. The number of nitrogens with one attached hydrogen (secondary N) is 2. The van der Waals surface area contributed by atoms with Gasteiger partial charge in [-0.2, -0.15) is 22.5 Å². The van der Waals surface area contributed by atoms with E-state index in [0.717, 1.165) is 21.1 Å². The number of nitrogens with zero attached hydrogens (tertiary/aromatic N) is 3. The normalized spacial score (nSPS) is 23.1. The second-order valence-corrected chi connectivity index (χ2v) is 8.92. The number of aryl methyl sites for hydroxylation is 1. The highest BCUT2D eigenvalue weighted by Crippen LogP contribution is 2.33. The van der Waals surface area contributed by atoms with E-state index in [9.17, 15) is 13.2 Å². The average Bonchev–Trinajstić information content (AvgIpc) is 3.28. The van der Waals surface area contributed by atoms with Gasteiger partial charge >= 0.3 is 0 Å². The molecule has 2 atom stereocenters. The van der Waals surface area contributed by atoms with Gasteiger partial charge in [0.2, 0.25) is 12.7 Å². The fourth-order valence-corrected chi connectivity index (χ4v) is 4.79. The zero-order chi connectivity index (χ0) is 20.8. The van der Waals surface area contributed by atoms with Gasteiger partial charge in [-0.3, -0.25) is 9.48 Å². The van der Waals surface area contributed by atoms with Gasteiger partial charge in [0.05, 0.1) is 12.2 Å². The van der Waals surface area contributed by atoms with Gasteiger partial charge < -0.3 is 14.8 Å². The number of benzene rings is 1. The molecule has 29 heavy (non-hydrogen) atoms. The van der Waals surface area contributed by atoms with Crippen molar-refractivity contribution in [1.29, 1.82) is 0 Å². The highest BCUT2D eigenvalue weighted by atomic mass is 32.2. The summed E-state index contributed by atoms with van der Waals surface area (Å²) in [6.45, 7) is 2.30. The molecule has 2 aliphatic heterocycles. The first-order chi connectivity index (χ1) is 13.8. The molecule has 1 aromatic carbocycles.